The second-order valence-corrected chi connectivity index (χ2v) is 11.1. The largest absolute Gasteiger partial charge is 0.496 e. The number of hydrazone groups is 2. The van der Waals surface area contributed by atoms with Crippen molar-refractivity contribution in [1.82, 2.24) is 10.9 Å². The van der Waals surface area contributed by atoms with Gasteiger partial charge in [0.05, 0.1) is 32.2 Å². The van der Waals surface area contributed by atoms with Crippen LogP contribution < -0.4 is 29.8 Å². The van der Waals surface area contributed by atoms with E-state index in [-0.39, 0.29) is 30.4 Å². The first-order chi connectivity index (χ1) is 24.1. The molecular weight excluding hydrogens is 640 g/mol. The van der Waals surface area contributed by atoms with Crippen LogP contribution in [0.3, 0.4) is 0 Å². The predicted octanol–water partition coefficient (Wildman–Crippen LogP) is 5.92. The maximum Gasteiger partial charge on any atom is 0.347 e. The number of nitrogens with one attached hydrogen (secondary N) is 2. The maximum absolute atomic E-state index is 12.6. The van der Waals surface area contributed by atoms with E-state index in [1.165, 1.54) is 26.6 Å². The molecule has 0 saturated heterocycles. The van der Waals surface area contributed by atoms with E-state index in [4.69, 9.17) is 18.9 Å². The number of carbonyl (C=O) groups excluding carboxylic acids is 4. The number of unbranched alkanes of at least 4 members (excludes halogenated alkanes) is 1. The van der Waals surface area contributed by atoms with Crippen LogP contribution in [-0.2, 0) is 9.59 Å². The summed E-state index contributed by atoms with van der Waals surface area (Å²) in [5, 5.41) is 7.94. The van der Waals surface area contributed by atoms with Gasteiger partial charge in [-0.15, -0.1) is 0 Å². The number of esters is 2. The summed E-state index contributed by atoms with van der Waals surface area (Å²) in [6, 6.07) is 23.8. The van der Waals surface area contributed by atoms with Gasteiger partial charge in [-0.2, -0.15) is 10.2 Å². The molecule has 0 aromatic heterocycles. The highest BCUT2D eigenvalue weighted by Gasteiger charge is 2.15. The minimum absolute atomic E-state index is 0.179. The van der Waals surface area contributed by atoms with Gasteiger partial charge in [0.1, 0.15) is 17.1 Å². The molecule has 12 heteroatoms. The summed E-state index contributed by atoms with van der Waals surface area (Å²) in [6.45, 7) is 3.83. The quantitative estimate of drug-likeness (QED) is 0.0517. The van der Waals surface area contributed by atoms with Crippen LogP contribution in [0.1, 0.15) is 68.7 Å². The lowest BCUT2D eigenvalue weighted by molar-refractivity contribution is -0.123. The van der Waals surface area contributed by atoms with Gasteiger partial charge in [-0.3, -0.25) is 9.59 Å². The van der Waals surface area contributed by atoms with Gasteiger partial charge in [-0.05, 0) is 110 Å². The molecule has 0 saturated carbocycles. The van der Waals surface area contributed by atoms with Crippen molar-refractivity contribution in [3.8, 4) is 23.0 Å². The zero-order valence-corrected chi connectivity index (χ0v) is 28.2. The van der Waals surface area contributed by atoms with Crippen LogP contribution in [0.5, 0.6) is 23.0 Å². The maximum atomic E-state index is 12.6. The van der Waals surface area contributed by atoms with Crippen molar-refractivity contribution in [3.05, 3.63) is 118 Å². The smallest absolute Gasteiger partial charge is 0.347 e. The van der Waals surface area contributed by atoms with E-state index < -0.39 is 11.9 Å². The summed E-state index contributed by atoms with van der Waals surface area (Å²) in [4.78, 5) is 49.4. The molecule has 4 rings (SSSR count). The topological polar surface area (TPSA) is 154 Å². The third-order valence-corrected chi connectivity index (χ3v) is 7.21. The molecular formula is C38H38N4O8. The summed E-state index contributed by atoms with van der Waals surface area (Å²) in [5.74, 6) is -0.271. The van der Waals surface area contributed by atoms with Crippen LogP contribution in [0, 0.1) is 13.8 Å². The molecule has 2 amide bonds. The molecule has 12 nitrogen and oxygen atoms in total. The van der Waals surface area contributed by atoms with Gasteiger partial charge >= 0.3 is 11.9 Å². The van der Waals surface area contributed by atoms with Gasteiger partial charge < -0.3 is 18.9 Å². The van der Waals surface area contributed by atoms with E-state index in [1.54, 1.807) is 72.8 Å². The first-order valence-corrected chi connectivity index (χ1v) is 15.7. The van der Waals surface area contributed by atoms with Crippen LogP contribution in [-0.4, -0.2) is 50.4 Å². The minimum atomic E-state index is -0.538. The highest BCUT2D eigenvalue weighted by molar-refractivity contribution is 5.94. The molecule has 0 atom stereocenters. The second kappa shape index (κ2) is 18.3. The molecule has 0 unspecified atom stereocenters. The Balaban J connectivity index is 1.13. The molecule has 0 radical (unpaired) electrons. The number of rotatable bonds is 15. The molecule has 0 spiro atoms. The summed E-state index contributed by atoms with van der Waals surface area (Å²) < 4.78 is 21.5. The molecule has 2 N–H and O–H groups in total. The third-order valence-electron chi connectivity index (χ3n) is 7.21. The predicted molar refractivity (Wildman–Crippen MR) is 188 cm³/mol. The van der Waals surface area contributed by atoms with Crippen molar-refractivity contribution in [1.29, 1.82) is 0 Å². The minimum Gasteiger partial charge on any atom is -0.496 e. The van der Waals surface area contributed by atoms with Crippen molar-refractivity contribution < 1.29 is 38.1 Å². The molecule has 0 fully saturated rings. The molecule has 50 heavy (non-hydrogen) atoms. The average molecular weight is 679 g/mol. The number of amides is 2. The summed E-state index contributed by atoms with van der Waals surface area (Å²) in [7, 11) is 2.95. The van der Waals surface area contributed by atoms with Crippen LogP contribution in [0.25, 0.3) is 0 Å². The zero-order chi connectivity index (χ0) is 35.9. The van der Waals surface area contributed by atoms with Gasteiger partial charge in [0.25, 0.3) is 0 Å². The summed E-state index contributed by atoms with van der Waals surface area (Å²) in [6.07, 6.45) is 4.23. The third kappa shape index (κ3) is 11.2. The number of carbonyl (C=O) groups is 4. The van der Waals surface area contributed by atoms with Gasteiger partial charge in [0.2, 0.25) is 11.8 Å². The fraction of sp³-hybridized carbons (Fsp3) is 0.211. The van der Waals surface area contributed by atoms with Crippen LogP contribution >= 0.6 is 0 Å². The lowest BCUT2D eigenvalue weighted by Gasteiger charge is -2.10. The number of hydrogen-bond acceptors (Lipinski definition) is 10. The van der Waals surface area contributed by atoms with E-state index in [9.17, 15) is 19.2 Å². The molecule has 0 aliphatic carbocycles. The Morgan fingerprint density at radius 1 is 0.600 bits per heavy atom. The standard InChI is InChI=1S/C38H38N4O8/c1-25-9-15-29(16-10-25)37(45)50-32-20-14-28(22-34(32)48-4)24-40-42-36(44)8-6-5-7-35(43)41-39-23-27-12-17-30(18-13-27)49-38(46)31-19-11-26(2)21-33(31)47-3/h9-24H,5-8H2,1-4H3,(H,41,43)(H,42,44)/b39-23+,40-24+. The molecule has 0 heterocycles. The van der Waals surface area contributed by atoms with Crippen LogP contribution in [0.4, 0.5) is 0 Å². The average Bonchev–Trinajstić information content (AvgIpc) is 3.11. The summed E-state index contributed by atoms with van der Waals surface area (Å²) in [5.41, 5.74) is 8.96. The van der Waals surface area contributed by atoms with Crippen LogP contribution in [0.15, 0.2) is 95.1 Å². The van der Waals surface area contributed by atoms with E-state index >= 15 is 0 Å². The first-order valence-electron chi connectivity index (χ1n) is 15.7. The van der Waals surface area contributed by atoms with E-state index in [2.05, 4.69) is 21.1 Å². The fourth-order valence-electron chi connectivity index (χ4n) is 4.49. The Kier molecular flexibility index (Phi) is 13.4. The van der Waals surface area contributed by atoms with Crippen molar-refractivity contribution in [3.63, 3.8) is 0 Å². The summed E-state index contributed by atoms with van der Waals surface area (Å²) >= 11 is 0. The van der Waals surface area contributed by atoms with E-state index in [0.29, 0.717) is 52.3 Å². The van der Waals surface area contributed by atoms with Gasteiger partial charge in [0, 0.05) is 12.8 Å². The molecule has 0 bridgehead atoms. The molecule has 258 valence electrons. The SMILES string of the molecule is COc1cc(/C=N/NC(=O)CCCCC(=O)N/N=C/c2ccc(OC(=O)c3ccc(C)cc3OC)cc2)ccc1OC(=O)c1ccc(C)cc1. The Bertz CT molecular complexity index is 1870. The van der Waals surface area contributed by atoms with Gasteiger partial charge in [-0.1, -0.05) is 23.8 Å². The highest BCUT2D eigenvalue weighted by atomic mass is 16.6. The number of benzene rings is 4. The zero-order valence-electron chi connectivity index (χ0n) is 28.2. The normalized spacial score (nSPS) is 10.9. The Hall–Kier alpha value is -6.30. The lowest BCUT2D eigenvalue weighted by atomic mass is 10.1. The number of aryl methyl sites for hydroxylation is 2. The lowest BCUT2D eigenvalue weighted by Crippen LogP contribution is -2.19. The van der Waals surface area contributed by atoms with Crippen molar-refractivity contribution in [2.45, 2.75) is 39.5 Å². The Labute approximate surface area is 290 Å². The van der Waals surface area contributed by atoms with E-state index in [1.807, 2.05) is 26.0 Å². The number of hydrogen-bond donors (Lipinski definition) is 2. The molecule has 4 aromatic rings. The number of methoxy groups -OCH3 is 2. The Morgan fingerprint density at radius 2 is 1.18 bits per heavy atom. The van der Waals surface area contributed by atoms with Crippen molar-refractivity contribution in [2.24, 2.45) is 10.2 Å². The van der Waals surface area contributed by atoms with Crippen molar-refractivity contribution >= 4 is 36.2 Å². The number of ether oxygens (including phenoxy) is 4. The highest BCUT2D eigenvalue weighted by Crippen LogP contribution is 2.28. The monoisotopic (exact) mass is 678 g/mol. The number of nitrogens with zero attached hydrogens (tertiary/aromatic N) is 2. The fourth-order valence-corrected chi connectivity index (χ4v) is 4.49. The molecule has 0 aliphatic heterocycles. The Morgan fingerprint density at radius 3 is 1.80 bits per heavy atom. The molecule has 0 aliphatic rings. The van der Waals surface area contributed by atoms with Crippen molar-refractivity contribution in [2.75, 3.05) is 14.2 Å². The van der Waals surface area contributed by atoms with E-state index in [0.717, 1.165) is 11.1 Å². The first kappa shape index (κ1) is 36.5. The van der Waals surface area contributed by atoms with Crippen LogP contribution in [0.2, 0.25) is 0 Å². The molecule has 4 aromatic carbocycles. The van der Waals surface area contributed by atoms with Gasteiger partial charge in [-0.25, -0.2) is 20.4 Å². The second-order valence-electron chi connectivity index (χ2n) is 11.1. The van der Waals surface area contributed by atoms with Gasteiger partial charge in [0.15, 0.2) is 11.5 Å².